The first-order chi connectivity index (χ1) is 18.2. The van der Waals surface area contributed by atoms with Gasteiger partial charge in [0.1, 0.15) is 29.2 Å². The average Bonchev–Trinajstić information content (AvgIpc) is 3.45. The summed E-state index contributed by atoms with van der Waals surface area (Å²) in [7, 11) is 1.62. The number of thioether (sulfide) groups is 1. The molecule has 1 amide bonds. The molecule has 0 spiro atoms. The van der Waals surface area contributed by atoms with Gasteiger partial charge in [0.15, 0.2) is 11.0 Å². The van der Waals surface area contributed by atoms with Gasteiger partial charge in [-0.1, -0.05) is 38.6 Å². The predicted octanol–water partition coefficient (Wildman–Crippen LogP) is 5.87. The van der Waals surface area contributed by atoms with Crippen LogP contribution >= 0.6 is 23.1 Å². The Morgan fingerprint density at radius 1 is 1.32 bits per heavy atom. The molecular formula is C28H33N5O3S2. The highest BCUT2D eigenvalue weighted by Crippen LogP contribution is 2.44. The van der Waals surface area contributed by atoms with E-state index in [2.05, 4.69) is 48.9 Å². The van der Waals surface area contributed by atoms with Gasteiger partial charge in [0.05, 0.1) is 18.4 Å². The quantitative estimate of drug-likeness (QED) is 0.248. The Kier molecular flexibility index (Phi) is 8.80. The topological polar surface area (TPSA) is 102 Å². The molecule has 0 saturated carbocycles. The third kappa shape index (κ3) is 6.40. The van der Waals surface area contributed by atoms with Crippen molar-refractivity contribution in [1.82, 2.24) is 14.8 Å². The molecule has 1 N–H and O–H groups in total. The Morgan fingerprint density at radius 2 is 2.05 bits per heavy atom. The Morgan fingerprint density at radius 3 is 2.71 bits per heavy atom. The van der Waals surface area contributed by atoms with Crippen molar-refractivity contribution in [3.05, 3.63) is 58.7 Å². The number of benzene rings is 1. The number of amides is 1. The summed E-state index contributed by atoms with van der Waals surface area (Å²) in [6, 6.07) is 9.64. The van der Waals surface area contributed by atoms with Crippen LogP contribution in [0.15, 0.2) is 42.1 Å². The van der Waals surface area contributed by atoms with Gasteiger partial charge in [-0.25, -0.2) is 0 Å². The van der Waals surface area contributed by atoms with E-state index in [1.807, 2.05) is 28.8 Å². The Balaban J connectivity index is 1.39. The largest absolute Gasteiger partial charge is 0.497 e. The molecule has 0 aliphatic heterocycles. The summed E-state index contributed by atoms with van der Waals surface area (Å²) in [4.78, 5) is 14.1. The van der Waals surface area contributed by atoms with Crippen LogP contribution in [0.2, 0.25) is 0 Å². The molecule has 0 saturated heterocycles. The number of ether oxygens (including phenoxy) is 2. The van der Waals surface area contributed by atoms with Gasteiger partial charge in [-0.3, -0.25) is 9.36 Å². The zero-order valence-corrected chi connectivity index (χ0v) is 23.9. The maximum absolute atomic E-state index is 12.9. The second kappa shape index (κ2) is 12.0. The van der Waals surface area contributed by atoms with Crippen molar-refractivity contribution in [2.45, 2.75) is 58.3 Å². The standard InChI is InChI=1S/C28H33N5O3S2/c1-6-13-33-24(16-36-20-10-8-19(35-5)9-11-20)31-32-27(33)37-17-25(34)30-26-22(15-29)21-12-7-18(28(2,3)4)14-23(21)38-26/h6,8-11,18H,1,7,12-14,16-17H2,2-5H3,(H,30,34). The Labute approximate surface area is 232 Å². The van der Waals surface area contributed by atoms with Crippen LogP contribution in [0.4, 0.5) is 5.00 Å². The summed E-state index contributed by atoms with van der Waals surface area (Å²) >= 11 is 2.84. The maximum atomic E-state index is 12.9. The second-order valence-corrected chi connectivity index (χ2v) is 12.3. The highest BCUT2D eigenvalue weighted by molar-refractivity contribution is 7.99. The van der Waals surface area contributed by atoms with Crippen LogP contribution in [-0.2, 0) is 30.8 Å². The van der Waals surface area contributed by atoms with Gasteiger partial charge < -0.3 is 14.8 Å². The van der Waals surface area contributed by atoms with Crippen molar-refractivity contribution in [1.29, 1.82) is 5.26 Å². The fraction of sp³-hybridized carbons (Fsp3) is 0.429. The van der Waals surface area contributed by atoms with E-state index in [0.717, 1.165) is 30.6 Å². The van der Waals surface area contributed by atoms with E-state index in [-0.39, 0.29) is 23.7 Å². The fourth-order valence-corrected chi connectivity index (χ4v) is 6.55. The molecule has 1 unspecified atom stereocenters. The van der Waals surface area contributed by atoms with Crippen molar-refractivity contribution in [3.8, 4) is 17.6 Å². The predicted molar refractivity (Wildman–Crippen MR) is 151 cm³/mol. The van der Waals surface area contributed by atoms with Gasteiger partial charge >= 0.3 is 0 Å². The van der Waals surface area contributed by atoms with Crippen molar-refractivity contribution >= 4 is 34.0 Å². The molecular weight excluding hydrogens is 518 g/mol. The lowest BCUT2D eigenvalue weighted by Gasteiger charge is -2.33. The number of hydrogen-bond donors (Lipinski definition) is 1. The van der Waals surface area contributed by atoms with Gasteiger partial charge in [-0.15, -0.1) is 28.1 Å². The van der Waals surface area contributed by atoms with Crippen LogP contribution in [0.5, 0.6) is 11.5 Å². The van der Waals surface area contributed by atoms with Crippen molar-refractivity contribution in [2.75, 3.05) is 18.2 Å². The van der Waals surface area contributed by atoms with Gasteiger partial charge in [0.2, 0.25) is 5.91 Å². The molecule has 0 fully saturated rings. The second-order valence-electron chi connectivity index (χ2n) is 10.2. The number of methoxy groups -OCH3 is 1. The number of nitrogens with one attached hydrogen (secondary N) is 1. The number of carbonyl (C=O) groups is 1. The molecule has 200 valence electrons. The van der Waals surface area contributed by atoms with Gasteiger partial charge in [0.25, 0.3) is 0 Å². The first-order valence-corrected chi connectivity index (χ1v) is 14.3. The van der Waals surface area contributed by atoms with E-state index in [4.69, 9.17) is 9.47 Å². The van der Waals surface area contributed by atoms with Crippen molar-refractivity contribution < 1.29 is 14.3 Å². The molecule has 1 atom stereocenters. The molecule has 38 heavy (non-hydrogen) atoms. The number of fused-ring (bicyclic) bond motifs is 1. The van der Waals surface area contributed by atoms with E-state index in [0.29, 0.717) is 39.8 Å². The summed E-state index contributed by atoms with van der Waals surface area (Å²) in [5.41, 5.74) is 1.94. The lowest BCUT2D eigenvalue weighted by molar-refractivity contribution is -0.113. The minimum absolute atomic E-state index is 0.146. The number of aromatic nitrogens is 3. The first-order valence-electron chi connectivity index (χ1n) is 12.5. The van der Waals surface area contributed by atoms with Crippen LogP contribution < -0.4 is 14.8 Å². The zero-order chi connectivity index (χ0) is 27.3. The number of anilines is 1. The SMILES string of the molecule is C=CCn1c(COc2ccc(OC)cc2)nnc1SCC(=O)Nc1sc2c(c1C#N)CCC(C(C)(C)C)C2. The average molecular weight is 552 g/mol. The van der Waals surface area contributed by atoms with Gasteiger partial charge in [0, 0.05) is 11.4 Å². The summed E-state index contributed by atoms with van der Waals surface area (Å²) in [5.74, 6) is 2.61. The van der Waals surface area contributed by atoms with Crippen LogP contribution in [-0.4, -0.2) is 33.5 Å². The fourth-order valence-electron chi connectivity index (χ4n) is 4.49. The maximum Gasteiger partial charge on any atom is 0.235 e. The van der Waals surface area contributed by atoms with Gasteiger partial charge in [-0.2, -0.15) is 5.26 Å². The molecule has 1 aliphatic carbocycles. The van der Waals surface area contributed by atoms with E-state index in [1.54, 1.807) is 24.5 Å². The number of hydrogen-bond acceptors (Lipinski definition) is 8. The number of nitrogens with zero attached hydrogens (tertiary/aromatic N) is 4. The van der Waals surface area contributed by atoms with E-state index < -0.39 is 0 Å². The third-order valence-electron chi connectivity index (χ3n) is 6.72. The first kappa shape index (κ1) is 27.7. The zero-order valence-electron chi connectivity index (χ0n) is 22.2. The van der Waals surface area contributed by atoms with Crippen molar-refractivity contribution in [2.24, 2.45) is 11.3 Å². The van der Waals surface area contributed by atoms with Crippen molar-refractivity contribution in [3.63, 3.8) is 0 Å². The highest BCUT2D eigenvalue weighted by Gasteiger charge is 2.32. The number of thiophene rings is 1. The molecule has 2 heterocycles. The monoisotopic (exact) mass is 551 g/mol. The van der Waals surface area contributed by atoms with E-state index >= 15 is 0 Å². The Bertz CT molecular complexity index is 1330. The summed E-state index contributed by atoms with van der Waals surface area (Å²) in [6.07, 6.45) is 4.65. The molecule has 0 radical (unpaired) electrons. The number of nitriles is 1. The Hall–Kier alpha value is -3.29. The van der Waals surface area contributed by atoms with Gasteiger partial charge in [-0.05, 0) is 60.4 Å². The lowest BCUT2D eigenvalue weighted by atomic mass is 9.72. The molecule has 4 rings (SSSR count). The van der Waals surface area contributed by atoms with Crippen LogP contribution in [0.25, 0.3) is 0 Å². The normalized spacial score (nSPS) is 14.9. The van der Waals surface area contributed by atoms with E-state index in [9.17, 15) is 10.1 Å². The smallest absolute Gasteiger partial charge is 0.235 e. The lowest BCUT2D eigenvalue weighted by Crippen LogP contribution is -2.26. The minimum atomic E-state index is -0.179. The molecule has 10 heteroatoms. The molecule has 1 aliphatic rings. The molecule has 0 bridgehead atoms. The molecule has 1 aromatic carbocycles. The summed E-state index contributed by atoms with van der Waals surface area (Å²) in [6.45, 7) is 11.3. The number of rotatable bonds is 10. The summed E-state index contributed by atoms with van der Waals surface area (Å²) < 4.78 is 12.9. The highest BCUT2D eigenvalue weighted by atomic mass is 32.2. The molecule has 3 aromatic rings. The van der Waals surface area contributed by atoms with Crippen LogP contribution in [0.1, 0.15) is 49.0 Å². The number of carbonyl (C=O) groups excluding carboxylic acids is 1. The minimum Gasteiger partial charge on any atom is -0.497 e. The summed E-state index contributed by atoms with van der Waals surface area (Å²) in [5, 5.41) is 22.6. The third-order valence-corrected chi connectivity index (χ3v) is 8.86. The molecule has 8 nitrogen and oxygen atoms in total. The molecule has 2 aromatic heterocycles. The van der Waals surface area contributed by atoms with Crippen LogP contribution in [0, 0.1) is 22.7 Å². The van der Waals surface area contributed by atoms with Crippen LogP contribution in [0.3, 0.4) is 0 Å². The van der Waals surface area contributed by atoms with E-state index in [1.165, 1.54) is 16.6 Å². The number of allylic oxidation sites excluding steroid dienone is 1.